The van der Waals surface area contributed by atoms with Gasteiger partial charge in [-0.25, -0.2) is 4.79 Å². The molecule has 5 heteroatoms. The number of nitrogens with one attached hydrogen (secondary N) is 2. The summed E-state index contributed by atoms with van der Waals surface area (Å²) in [5, 5.41) is 6.62. The second-order valence-electron chi connectivity index (χ2n) is 4.78. The van der Waals surface area contributed by atoms with Gasteiger partial charge >= 0.3 is 6.03 Å². The summed E-state index contributed by atoms with van der Waals surface area (Å²) in [4.78, 5) is 16.4. The lowest BCUT2D eigenvalue weighted by Gasteiger charge is -2.41. The zero-order valence-electron chi connectivity index (χ0n) is 10.2. The van der Waals surface area contributed by atoms with Gasteiger partial charge in [0, 0.05) is 51.4 Å². The standard InChI is InChI=1S/C11H22N4O/c1-9-7-12-3-5-14(9)11(16)15-6-4-13-8-10(15)2/h9-10,12-13H,3-8H2,1-2H3. The van der Waals surface area contributed by atoms with Crippen LogP contribution < -0.4 is 10.6 Å². The molecule has 0 aliphatic carbocycles. The average molecular weight is 226 g/mol. The number of carbonyl (C=O) groups excluding carboxylic acids is 1. The van der Waals surface area contributed by atoms with Gasteiger partial charge < -0.3 is 20.4 Å². The lowest BCUT2D eigenvalue weighted by Crippen LogP contribution is -2.61. The molecule has 2 amide bonds. The van der Waals surface area contributed by atoms with Gasteiger partial charge in [-0.1, -0.05) is 0 Å². The van der Waals surface area contributed by atoms with Gasteiger partial charge in [0.25, 0.3) is 0 Å². The van der Waals surface area contributed by atoms with E-state index in [9.17, 15) is 4.79 Å². The number of piperazine rings is 2. The van der Waals surface area contributed by atoms with E-state index in [1.165, 1.54) is 0 Å². The van der Waals surface area contributed by atoms with Crippen LogP contribution in [0.4, 0.5) is 4.79 Å². The van der Waals surface area contributed by atoms with E-state index in [0.717, 1.165) is 39.3 Å². The molecule has 2 aliphatic rings. The van der Waals surface area contributed by atoms with E-state index in [-0.39, 0.29) is 6.03 Å². The molecular formula is C11H22N4O. The number of hydrogen-bond donors (Lipinski definition) is 2. The summed E-state index contributed by atoms with van der Waals surface area (Å²) in [6.45, 7) is 9.52. The van der Waals surface area contributed by atoms with Gasteiger partial charge in [0.15, 0.2) is 0 Å². The van der Waals surface area contributed by atoms with Crippen LogP contribution in [0.5, 0.6) is 0 Å². The lowest BCUT2D eigenvalue weighted by atomic mass is 10.2. The first-order chi connectivity index (χ1) is 7.70. The van der Waals surface area contributed by atoms with Crippen LogP contribution in [0.25, 0.3) is 0 Å². The van der Waals surface area contributed by atoms with Crippen molar-refractivity contribution in [2.24, 2.45) is 0 Å². The third kappa shape index (κ3) is 2.30. The third-order valence-electron chi connectivity index (χ3n) is 3.49. The zero-order valence-corrected chi connectivity index (χ0v) is 10.2. The van der Waals surface area contributed by atoms with Crippen LogP contribution in [0.2, 0.25) is 0 Å². The highest BCUT2D eigenvalue weighted by atomic mass is 16.2. The SMILES string of the molecule is CC1CNCCN1C(=O)N1CCNCC1C. The Kier molecular flexibility index (Phi) is 3.66. The Morgan fingerprint density at radius 1 is 1.00 bits per heavy atom. The molecule has 2 N–H and O–H groups in total. The molecule has 2 saturated heterocycles. The molecular weight excluding hydrogens is 204 g/mol. The van der Waals surface area contributed by atoms with Crippen LogP contribution in [0, 0.1) is 0 Å². The van der Waals surface area contributed by atoms with Gasteiger partial charge in [-0.3, -0.25) is 0 Å². The van der Waals surface area contributed by atoms with Gasteiger partial charge in [-0.15, -0.1) is 0 Å². The van der Waals surface area contributed by atoms with Gasteiger partial charge in [0.2, 0.25) is 0 Å². The van der Waals surface area contributed by atoms with E-state index >= 15 is 0 Å². The molecule has 2 rings (SSSR count). The summed E-state index contributed by atoms with van der Waals surface area (Å²) in [6, 6.07) is 0.828. The Balaban J connectivity index is 1.99. The van der Waals surface area contributed by atoms with Gasteiger partial charge in [-0.05, 0) is 13.8 Å². The highest BCUT2D eigenvalue weighted by molar-refractivity contribution is 5.75. The van der Waals surface area contributed by atoms with E-state index in [4.69, 9.17) is 0 Å². The molecule has 0 saturated carbocycles. The Hall–Kier alpha value is -0.810. The van der Waals surface area contributed by atoms with Crippen molar-refractivity contribution in [2.45, 2.75) is 25.9 Å². The van der Waals surface area contributed by atoms with Crippen LogP contribution in [0.1, 0.15) is 13.8 Å². The fourth-order valence-corrected chi connectivity index (χ4v) is 2.42. The summed E-state index contributed by atoms with van der Waals surface area (Å²) >= 11 is 0. The van der Waals surface area contributed by atoms with Crippen molar-refractivity contribution in [3.63, 3.8) is 0 Å². The minimum absolute atomic E-state index is 0.211. The van der Waals surface area contributed by atoms with Crippen molar-refractivity contribution < 1.29 is 4.79 Å². The molecule has 2 fully saturated rings. The van der Waals surface area contributed by atoms with Crippen molar-refractivity contribution in [3.05, 3.63) is 0 Å². The van der Waals surface area contributed by atoms with Crippen LogP contribution >= 0.6 is 0 Å². The number of urea groups is 1. The average Bonchev–Trinajstić information content (AvgIpc) is 2.29. The van der Waals surface area contributed by atoms with E-state index < -0.39 is 0 Å². The maximum atomic E-state index is 12.4. The highest BCUT2D eigenvalue weighted by Crippen LogP contribution is 2.11. The van der Waals surface area contributed by atoms with E-state index in [2.05, 4.69) is 24.5 Å². The quantitative estimate of drug-likeness (QED) is 0.596. The molecule has 2 aliphatic heterocycles. The Labute approximate surface area is 97.2 Å². The number of rotatable bonds is 0. The van der Waals surface area contributed by atoms with E-state index in [0.29, 0.717) is 12.1 Å². The largest absolute Gasteiger partial charge is 0.320 e. The highest BCUT2D eigenvalue weighted by Gasteiger charge is 2.30. The van der Waals surface area contributed by atoms with Crippen LogP contribution in [-0.2, 0) is 0 Å². The second-order valence-corrected chi connectivity index (χ2v) is 4.78. The maximum Gasteiger partial charge on any atom is 0.320 e. The summed E-state index contributed by atoms with van der Waals surface area (Å²) in [7, 11) is 0. The summed E-state index contributed by atoms with van der Waals surface area (Å²) in [6.07, 6.45) is 0. The van der Waals surface area contributed by atoms with Crippen molar-refractivity contribution in [3.8, 4) is 0 Å². The van der Waals surface area contributed by atoms with Crippen LogP contribution in [0.15, 0.2) is 0 Å². The van der Waals surface area contributed by atoms with Crippen LogP contribution in [-0.4, -0.2) is 67.2 Å². The molecule has 0 bridgehead atoms. The van der Waals surface area contributed by atoms with E-state index in [1.54, 1.807) is 0 Å². The van der Waals surface area contributed by atoms with Gasteiger partial charge in [0.1, 0.15) is 0 Å². The predicted molar refractivity (Wildman–Crippen MR) is 63.5 cm³/mol. The molecule has 5 nitrogen and oxygen atoms in total. The summed E-state index contributed by atoms with van der Waals surface area (Å²) in [5.74, 6) is 0. The Morgan fingerprint density at radius 3 is 1.81 bits per heavy atom. The first-order valence-corrected chi connectivity index (χ1v) is 6.19. The van der Waals surface area contributed by atoms with Crippen molar-refractivity contribution in [2.75, 3.05) is 39.3 Å². The summed E-state index contributed by atoms with van der Waals surface area (Å²) in [5.41, 5.74) is 0. The molecule has 92 valence electrons. The number of carbonyl (C=O) groups is 1. The van der Waals surface area contributed by atoms with Crippen LogP contribution in [0.3, 0.4) is 0 Å². The smallest absolute Gasteiger partial charge is 0.319 e. The Bertz CT molecular complexity index is 234. The molecule has 0 aromatic rings. The first kappa shape index (κ1) is 11.7. The number of amides is 2. The molecule has 2 unspecified atom stereocenters. The number of hydrogen-bond acceptors (Lipinski definition) is 3. The fourth-order valence-electron chi connectivity index (χ4n) is 2.42. The second kappa shape index (κ2) is 5.01. The maximum absolute atomic E-state index is 12.4. The van der Waals surface area contributed by atoms with E-state index in [1.807, 2.05) is 9.80 Å². The molecule has 0 aromatic carbocycles. The monoisotopic (exact) mass is 226 g/mol. The molecule has 2 heterocycles. The minimum Gasteiger partial charge on any atom is -0.319 e. The normalized spacial score (nSPS) is 31.6. The minimum atomic E-state index is 0.211. The Morgan fingerprint density at radius 2 is 1.44 bits per heavy atom. The lowest BCUT2D eigenvalue weighted by molar-refractivity contribution is 0.104. The molecule has 2 atom stereocenters. The molecule has 0 radical (unpaired) electrons. The van der Waals surface area contributed by atoms with Crippen molar-refractivity contribution in [1.29, 1.82) is 0 Å². The third-order valence-corrected chi connectivity index (χ3v) is 3.49. The van der Waals surface area contributed by atoms with Crippen molar-refractivity contribution >= 4 is 6.03 Å². The predicted octanol–water partition coefficient (Wildman–Crippen LogP) is -0.306. The molecule has 16 heavy (non-hydrogen) atoms. The van der Waals surface area contributed by atoms with Gasteiger partial charge in [-0.2, -0.15) is 0 Å². The number of nitrogens with zero attached hydrogens (tertiary/aromatic N) is 2. The molecule has 0 aromatic heterocycles. The fraction of sp³-hybridized carbons (Fsp3) is 0.909. The van der Waals surface area contributed by atoms with Gasteiger partial charge in [0.05, 0.1) is 0 Å². The summed E-state index contributed by atoms with van der Waals surface area (Å²) < 4.78 is 0. The zero-order chi connectivity index (χ0) is 11.5. The first-order valence-electron chi connectivity index (χ1n) is 6.19. The molecule has 0 spiro atoms. The van der Waals surface area contributed by atoms with Crippen molar-refractivity contribution in [1.82, 2.24) is 20.4 Å². The topological polar surface area (TPSA) is 47.6 Å².